The summed E-state index contributed by atoms with van der Waals surface area (Å²) in [6.45, 7) is 0. The van der Waals surface area contributed by atoms with Crippen molar-refractivity contribution in [2.45, 2.75) is 54.8 Å². The molecule has 0 aromatic heterocycles. The average molecular weight is 528 g/mol. The molecule has 1 aromatic rings. The largest absolute Gasteiger partial charge is 0.404 e. The third-order valence-corrected chi connectivity index (χ3v) is 3.96. The Morgan fingerprint density at radius 2 is 0.424 bits per heavy atom. The third-order valence-electron chi connectivity index (χ3n) is 3.96. The van der Waals surface area contributed by atoms with Crippen LogP contribution in [0.15, 0.2) is 18.2 Å². The van der Waals surface area contributed by atoms with Crippen molar-refractivity contribution in [2.75, 3.05) is 0 Å². The molecule has 0 saturated heterocycles. The lowest BCUT2D eigenvalue weighted by Gasteiger charge is -2.29. The van der Waals surface area contributed by atoms with Gasteiger partial charge < -0.3 is 0 Å². The van der Waals surface area contributed by atoms with Gasteiger partial charge in [-0.15, -0.1) is 0 Å². The first-order chi connectivity index (χ1) is 14.2. The van der Waals surface area contributed by atoms with Crippen LogP contribution in [0.1, 0.15) is 34.4 Å². The van der Waals surface area contributed by atoms with Crippen LogP contribution in [-0.4, -0.2) is 37.1 Å². The molecule has 0 aliphatic heterocycles. The van der Waals surface area contributed by atoms with Gasteiger partial charge in [-0.3, -0.25) is 0 Å². The maximum atomic E-state index is 12.9. The Labute approximate surface area is 170 Å². The van der Waals surface area contributed by atoms with Gasteiger partial charge in [0.05, 0.1) is 0 Å². The fourth-order valence-corrected chi connectivity index (χ4v) is 2.89. The number of hydrogen-bond acceptors (Lipinski definition) is 0. The van der Waals surface area contributed by atoms with Crippen molar-refractivity contribution in [3.63, 3.8) is 0 Å². The van der Waals surface area contributed by atoms with E-state index in [0.717, 1.165) is 0 Å². The highest BCUT2D eigenvalue weighted by atomic mass is 19.4. The molecule has 0 spiro atoms. The minimum atomic E-state index is -6.56. The monoisotopic (exact) mass is 528 g/mol. The number of halogens is 18. The summed E-state index contributed by atoms with van der Waals surface area (Å²) in [6, 6.07) is -3.07. The fraction of sp³-hybridized carbons (Fsp3) is 0.600. The number of rotatable bonds is 3. The van der Waals surface area contributed by atoms with Crippen LogP contribution in [0.25, 0.3) is 0 Å². The maximum Gasteiger partial charge on any atom is 0.404 e. The highest BCUT2D eigenvalue weighted by molar-refractivity contribution is 5.40. The molecule has 0 bridgehead atoms. The first kappa shape index (κ1) is 29.0. The first-order valence-electron chi connectivity index (χ1n) is 7.73. The molecule has 192 valence electrons. The molecule has 0 atom stereocenters. The van der Waals surface area contributed by atoms with Gasteiger partial charge in [0, 0.05) is 0 Å². The van der Waals surface area contributed by atoms with Gasteiger partial charge in [-0.05, 0) is 16.7 Å². The summed E-state index contributed by atoms with van der Waals surface area (Å²) >= 11 is 0. The van der Waals surface area contributed by atoms with Gasteiger partial charge in [-0.25, -0.2) is 0 Å². The standard InChI is InChI=1S/C15H6F18/c16-10(17,18)7(11(19,20)21)4-1-5(8(12(22,23)24)13(25,26)27)3-6(2-4)9(14(28,29)30)15(31,32)33/h1-3,7-9H. The summed E-state index contributed by atoms with van der Waals surface area (Å²) in [5.74, 6) is -15.0. The molecule has 0 unspecified atom stereocenters. The van der Waals surface area contributed by atoms with E-state index in [-0.39, 0.29) is 0 Å². The van der Waals surface area contributed by atoms with Crippen molar-refractivity contribution in [2.24, 2.45) is 0 Å². The Morgan fingerprint density at radius 3 is 0.515 bits per heavy atom. The van der Waals surface area contributed by atoms with Crippen LogP contribution in [0, 0.1) is 0 Å². The van der Waals surface area contributed by atoms with E-state index in [9.17, 15) is 79.0 Å². The van der Waals surface area contributed by atoms with E-state index in [1.807, 2.05) is 0 Å². The lowest BCUT2D eigenvalue weighted by molar-refractivity contribution is -0.254. The zero-order valence-corrected chi connectivity index (χ0v) is 14.8. The van der Waals surface area contributed by atoms with Crippen LogP contribution < -0.4 is 0 Å². The van der Waals surface area contributed by atoms with Crippen LogP contribution >= 0.6 is 0 Å². The van der Waals surface area contributed by atoms with Gasteiger partial charge in [0.2, 0.25) is 0 Å². The summed E-state index contributed by atoms with van der Waals surface area (Å²) in [6.07, 6.45) is -39.4. The first-order valence-corrected chi connectivity index (χ1v) is 7.73. The molecule has 0 fully saturated rings. The third kappa shape index (κ3) is 6.97. The summed E-state index contributed by atoms with van der Waals surface area (Å²) < 4.78 is 232. The molecule has 0 nitrogen and oxygen atoms in total. The van der Waals surface area contributed by atoms with E-state index < -0.39 is 89.7 Å². The SMILES string of the molecule is FC(F)(F)C(c1cc(C(C(F)(F)F)C(F)(F)F)cc(C(C(F)(F)F)C(F)(F)F)c1)C(F)(F)F. The molecule has 1 aromatic carbocycles. The molecule has 0 saturated carbocycles. The normalized spacial score (nSPS) is 15.2. The lowest BCUT2D eigenvalue weighted by Crippen LogP contribution is -2.38. The Balaban J connectivity index is 4.16. The van der Waals surface area contributed by atoms with Gasteiger partial charge >= 0.3 is 37.1 Å². The molecule has 0 aliphatic carbocycles. The van der Waals surface area contributed by atoms with Crippen molar-refractivity contribution < 1.29 is 79.0 Å². The summed E-state index contributed by atoms with van der Waals surface area (Å²) in [5, 5.41) is 0. The van der Waals surface area contributed by atoms with Gasteiger partial charge in [0.1, 0.15) is 0 Å². The minimum absolute atomic E-state index is 1.02. The molecule has 33 heavy (non-hydrogen) atoms. The van der Waals surface area contributed by atoms with Crippen molar-refractivity contribution in [3.8, 4) is 0 Å². The molecular weight excluding hydrogens is 522 g/mol. The minimum Gasteiger partial charge on any atom is -0.170 e. The second kappa shape index (κ2) is 8.32. The van der Waals surface area contributed by atoms with E-state index in [1.54, 1.807) is 0 Å². The maximum absolute atomic E-state index is 12.9. The van der Waals surface area contributed by atoms with Gasteiger partial charge in [0.25, 0.3) is 0 Å². The highest BCUT2D eigenvalue weighted by Gasteiger charge is 2.62. The Bertz CT molecular complexity index is 648. The Hall–Kier alpha value is -2.04. The van der Waals surface area contributed by atoms with E-state index in [4.69, 9.17) is 0 Å². The molecule has 0 heterocycles. The molecule has 0 amide bonds. The topological polar surface area (TPSA) is 0 Å². The Kier molecular flexibility index (Phi) is 7.31. The number of alkyl halides is 18. The smallest absolute Gasteiger partial charge is 0.170 e. The second-order valence-electron chi connectivity index (χ2n) is 6.48. The van der Waals surface area contributed by atoms with Crippen LogP contribution in [0.2, 0.25) is 0 Å². The number of benzene rings is 1. The molecule has 1 rings (SSSR count). The Morgan fingerprint density at radius 1 is 0.303 bits per heavy atom. The summed E-state index contributed by atoms with van der Waals surface area (Å²) in [4.78, 5) is 0. The zero-order valence-electron chi connectivity index (χ0n) is 14.8. The molecule has 0 radical (unpaired) electrons. The predicted octanol–water partition coefficient (Wildman–Crippen LogP) is 8.31. The van der Waals surface area contributed by atoms with Crippen LogP contribution in [0.4, 0.5) is 79.0 Å². The van der Waals surface area contributed by atoms with Gasteiger partial charge in [-0.1, -0.05) is 18.2 Å². The summed E-state index contributed by atoms with van der Waals surface area (Å²) in [5.41, 5.74) is -8.17. The van der Waals surface area contributed by atoms with Crippen molar-refractivity contribution >= 4 is 0 Å². The molecular formula is C15H6F18. The van der Waals surface area contributed by atoms with E-state index in [0.29, 0.717) is 0 Å². The van der Waals surface area contributed by atoms with Gasteiger partial charge in [0.15, 0.2) is 17.8 Å². The van der Waals surface area contributed by atoms with E-state index >= 15 is 0 Å². The van der Waals surface area contributed by atoms with Crippen LogP contribution in [0.3, 0.4) is 0 Å². The average Bonchev–Trinajstić information content (AvgIpc) is 2.35. The van der Waals surface area contributed by atoms with E-state index in [1.165, 1.54) is 0 Å². The predicted molar refractivity (Wildman–Crippen MR) is 71.0 cm³/mol. The van der Waals surface area contributed by atoms with Crippen molar-refractivity contribution in [1.82, 2.24) is 0 Å². The quantitative estimate of drug-likeness (QED) is 0.347. The van der Waals surface area contributed by atoms with Crippen molar-refractivity contribution in [3.05, 3.63) is 34.9 Å². The second-order valence-corrected chi connectivity index (χ2v) is 6.48. The van der Waals surface area contributed by atoms with E-state index in [2.05, 4.69) is 0 Å². The summed E-state index contributed by atoms with van der Waals surface area (Å²) in [7, 11) is 0. The van der Waals surface area contributed by atoms with Crippen LogP contribution in [-0.2, 0) is 0 Å². The van der Waals surface area contributed by atoms with Crippen LogP contribution in [0.5, 0.6) is 0 Å². The molecule has 18 heteroatoms. The zero-order chi connectivity index (χ0) is 26.6. The number of hydrogen-bond donors (Lipinski definition) is 0. The lowest BCUT2D eigenvalue weighted by atomic mass is 9.85. The highest BCUT2D eigenvalue weighted by Crippen LogP contribution is 2.53. The molecule has 0 N–H and O–H groups in total. The van der Waals surface area contributed by atoms with Gasteiger partial charge in [-0.2, -0.15) is 79.0 Å². The fourth-order valence-electron chi connectivity index (χ4n) is 2.89. The molecule has 0 aliphatic rings. The van der Waals surface area contributed by atoms with Crippen molar-refractivity contribution in [1.29, 1.82) is 0 Å².